The van der Waals surface area contributed by atoms with Crippen molar-refractivity contribution in [1.82, 2.24) is 9.38 Å². The maximum absolute atomic E-state index is 12.0. The topological polar surface area (TPSA) is 46.4 Å². The molecule has 4 nitrogen and oxygen atoms in total. The third-order valence-electron chi connectivity index (χ3n) is 3.03. The molecule has 1 amide bonds. The molecule has 1 aromatic carbocycles. The second-order valence-electron chi connectivity index (χ2n) is 4.46. The molecular weight excluding hydrogens is 294 g/mol. The molecule has 0 fully saturated rings. The molecule has 0 unspecified atom stereocenters. The van der Waals surface area contributed by atoms with Crippen LogP contribution >= 0.6 is 22.9 Å². The number of carbonyl (C=O) groups is 1. The minimum atomic E-state index is -0.0962. The number of halogens is 1. The van der Waals surface area contributed by atoms with E-state index in [0.717, 1.165) is 21.9 Å². The van der Waals surface area contributed by atoms with Gasteiger partial charge in [-0.3, -0.25) is 9.20 Å². The largest absolute Gasteiger partial charge is 0.325 e. The van der Waals surface area contributed by atoms with Crippen molar-refractivity contribution in [2.75, 3.05) is 5.32 Å². The van der Waals surface area contributed by atoms with Gasteiger partial charge in [-0.1, -0.05) is 17.7 Å². The van der Waals surface area contributed by atoms with E-state index in [1.54, 1.807) is 17.4 Å². The number of amides is 1. The van der Waals surface area contributed by atoms with Crippen molar-refractivity contribution in [3.05, 3.63) is 52.3 Å². The normalized spacial score (nSPS) is 10.9. The molecule has 0 aliphatic heterocycles. The van der Waals surface area contributed by atoms with E-state index in [2.05, 4.69) is 10.3 Å². The van der Waals surface area contributed by atoms with Crippen molar-refractivity contribution < 1.29 is 4.79 Å². The predicted octanol–water partition coefficient (Wildman–Crippen LogP) is 3.54. The van der Waals surface area contributed by atoms with E-state index in [1.165, 1.54) is 0 Å². The van der Waals surface area contributed by atoms with Gasteiger partial charge in [-0.05, 0) is 24.6 Å². The lowest BCUT2D eigenvalue weighted by atomic mass is 10.2. The highest BCUT2D eigenvalue weighted by molar-refractivity contribution is 7.15. The molecule has 0 bridgehead atoms. The van der Waals surface area contributed by atoms with E-state index in [0.29, 0.717) is 5.02 Å². The van der Waals surface area contributed by atoms with Gasteiger partial charge >= 0.3 is 0 Å². The van der Waals surface area contributed by atoms with E-state index in [1.807, 2.05) is 41.2 Å². The molecule has 0 aliphatic rings. The maximum Gasteiger partial charge on any atom is 0.230 e. The van der Waals surface area contributed by atoms with Crippen LogP contribution in [0.5, 0.6) is 0 Å². The lowest BCUT2D eigenvalue weighted by molar-refractivity contribution is -0.115. The number of hydrogen-bond acceptors (Lipinski definition) is 3. The summed E-state index contributed by atoms with van der Waals surface area (Å²) in [4.78, 5) is 17.3. The third-order valence-corrected chi connectivity index (χ3v) is 4.21. The van der Waals surface area contributed by atoms with Crippen molar-refractivity contribution in [2.45, 2.75) is 13.3 Å². The number of benzene rings is 1. The molecule has 20 heavy (non-hydrogen) atoms. The number of hydrogen-bond donors (Lipinski definition) is 1. The Balaban J connectivity index is 1.73. The summed E-state index contributed by atoms with van der Waals surface area (Å²) in [6.07, 6.45) is 4.05. The van der Waals surface area contributed by atoms with Crippen LogP contribution in [0.4, 0.5) is 5.69 Å². The fourth-order valence-corrected chi connectivity index (χ4v) is 2.86. The number of nitrogens with zero attached hydrogens (tertiary/aromatic N) is 2. The smallest absolute Gasteiger partial charge is 0.230 e. The van der Waals surface area contributed by atoms with Crippen molar-refractivity contribution in [3.8, 4) is 0 Å². The molecule has 0 atom stereocenters. The summed E-state index contributed by atoms with van der Waals surface area (Å²) in [6, 6.07) is 5.46. The maximum atomic E-state index is 12.0. The fourth-order valence-electron chi connectivity index (χ4n) is 1.96. The Kier molecular flexibility index (Phi) is 3.46. The number of carbonyl (C=O) groups excluding carboxylic acids is 1. The van der Waals surface area contributed by atoms with Crippen LogP contribution in [0.3, 0.4) is 0 Å². The van der Waals surface area contributed by atoms with Gasteiger partial charge in [0.1, 0.15) is 0 Å². The number of nitrogens with one attached hydrogen (secondary N) is 1. The van der Waals surface area contributed by atoms with Gasteiger partial charge in [0.2, 0.25) is 5.91 Å². The van der Waals surface area contributed by atoms with Crippen molar-refractivity contribution in [2.24, 2.45) is 0 Å². The SMILES string of the molecule is Cc1c(Cl)cccc1NC(=O)Cc1cn2ccsc2n1. The Morgan fingerprint density at radius 2 is 2.35 bits per heavy atom. The zero-order valence-electron chi connectivity index (χ0n) is 10.8. The first-order chi connectivity index (χ1) is 9.63. The molecule has 0 spiro atoms. The molecule has 102 valence electrons. The Hall–Kier alpha value is -1.85. The average Bonchev–Trinajstić information content (AvgIpc) is 2.95. The molecule has 3 rings (SSSR count). The molecule has 0 saturated heterocycles. The molecule has 2 aromatic heterocycles. The van der Waals surface area contributed by atoms with E-state index in [4.69, 9.17) is 11.6 Å². The van der Waals surface area contributed by atoms with Gasteiger partial charge in [-0.25, -0.2) is 4.98 Å². The molecule has 0 aliphatic carbocycles. The average molecular weight is 306 g/mol. The van der Waals surface area contributed by atoms with Gasteiger partial charge in [0, 0.05) is 28.5 Å². The first-order valence-electron chi connectivity index (χ1n) is 6.09. The van der Waals surface area contributed by atoms with Crippen molar-refractivity contribution >= 4 is 39.5 Å². The van der Waals surface area contributed by atoms with Crippen LogP contribution < -0.4 is 5.32 Å². The Bertz CT molecular complexity index is 749. The zero-order valence-corrected chi connectivity index (χ0v) is 12.3. The van der Waals surface area contributed by atoms with Crippen LogP contribution in [-0.2, 0) is 11.2 Å². The summed E-state index contributed by atoms with van der Waals surface area (Å²) in [5.74, 6) is -0.0962. The minimum absolute atomic E-state index is 0.0962. The van der Waals surface area contributed by atoms with E-state index in [9.17, 15) is 4.79 Å². The molecule has 3 aromatic rings. The highest BCUT2D eigenvalue weighted by Gasteiger charge is 2.10. The Morgan fingerprint density at radius 1 is 1.50 bits per heavy atom. The van der Waals surface area contributed by atoms with Crippen LogP contribution in [0.15, 0.2) is 36.0 Å². The van der Waals surface area contributed by atoms with Crippen LogP contribution in [0.25, 0.3) is 4.96 Å². The number of rotatable bonds is 3. The van der Waals surface area contributed by atoms with Crippen molar-refractivity contribution in [3.63, 3.8) is 0 Å². The number of anilines is 1. The van der Waals surface area contributed by atoms with Gasteiger partial charge in [0.15, 0.2) is 4.96 Å². The fraction of sp³-hybridized carbons (Fsp3) is 0.143. The lowest BCUT2D eigenvalue weighted by Crippen LogP contribution is -2.15. The first kappa shape index (κ1) is 13.1. The van der Waals surface area contributed by atoms with Crippen molar-refractivity contribution in [1.29, 1.82) is 0 Å². The Labute approximate surface area is 125 Å². The highest BCUT2D eigenvalue weighted by atomic mass is 35.5. The highest BCUT2D eigenvalue weighted by Crippen LogP contribution is 2.23. The summed E-state index contributed by atoms with van der Waals surface area (Å²) in [5.41, 5.74) is 2.37. The number of fused-ring (bicyclic) bond motifs is 1. The molecule has 2 heterocycles. The lowest BCUT2D eigenvalue weighted by Gasteiger charge is -2.08. The van der Waals surface area contributed by atoms with Crippen LogP contribution in [-0.4, -0.2) is 15.3 Å². The third kappa shape index (κ3) is 2.55. The van der Waals surface area contributed by atoms with E-state index in [-0.39, 0.29) is 12.3 Å². The van der Waals surface area contributed by atoms with Gasteiger partial charge in [-0.15, -0.1) is 11.3 Å². The second kappa shape index (κ2) is 5.26. The summed E-state index contributed by atoms with van der Waals surface area (Å²) in [6.45, 7) is 1.88. The summed E-state index contributed by atoms with van der Waals surface area (Å²) < 4.78 is 1.91. The summed E-state index contributed by atoms with van der Waals surface area (Å²) >= 11 is 7.58. The minimum Gasteiger partial charge on any atom is -0.325 e. The van der Waals surface area contributed by atoms with Crippen LogP contribution in [0.1, 0.15) is 11.3 Å². The predicted molar refractivity (Wildman–Crippen MR) is 81.6 cm³/mol. The molecule has 0 saturated carbocycles. The first-order valence-corrected chi connectivity index (χ1v) is 7.35. The Morgan fingerprint density at radius 3 is 3.15 bits per heavy atom. The van der Waals surface area contributed by atoms with Gasteiger partial charge in [-0.2, -0.15) is 0 Å². The quantitative estimate of drug-likeness (QED) is 0.804. The van der Waals surface area contributed by atoms with Gasteiger partial charge in [0.05, 0.1) is 12.1 Å². The number of thiazole rings is 1. The zero-order chi connectivity index (χ0) is 14.1. The van der Waals surface area contributed by atoms with Crippen LogP contribution in [0, 0.1) is 6.92 Å². The summed E-state index contributed by atoms with van der Waals surface area (Å²) in [5, 5.41) is 5.47. The van der Waals surface area contributed by atoms with Gasteiger partial charge in [0.25, 0.3) is 0 Å². The molecular formula is C14H12ClN3OS. The van der Waals surface area contributed by atoms with E-state index < -0.39 is 0 Å². The second-order valence-corrected chi connectivity index (χ2v) is 5.74. The van der Waals surface area contributed by atoms with Crippen LogP contribution in [0.2, 0.25) is 5.02 Å². The molecule has 6 heteroatoms. The number of aromatic nitrogens is 2. The standard InChI is InChI=1S/C14H12ClN3OS/c1-9-11(15)3-2-4-12(9)17-13(19)7-10-8-18-5-6-20-14(18)16-10/h2-6,8H,7H2,1H3,(H,17,19). The number of imidazole rings is 1. The molecule has 0 radical (unpaired) electrons. The monoisotopic (exact) mass is 305 g/mol. The van der Waals surface area contributed by atoms with E-state index >= 15 is 0 Å². The summed E-state index contributed by atoms with van der Waals surface area (Å²) in [7, 11) is 0. The van der Waals surface area contributed by atoms with Gasteiger partial charge < -0.3 is 5.32 Å². The molecule has 1 N–H and O–H groups in total.